The van der Waals surface area contributed by atoms with E-state index in [1.165, 1.54) is 0 Å². The Balaban J connectivity index is 3.05. The van der Waals surface area contributed by atoms with Gasteiger partial charge in [0.15, 0.2) is 0 Å². The Hall–Kier alpha value is -0.440. The van der Waals surface area contributed by atoms with Gasteiger partial charge in [0.05, 0.1) is 11.8 Å². The standard InChI is InChI=1S/C17H32NO3P/c1-9-13(2)14(3)15(19)12-22(20)18(16(4,5)6)11-10-17(7,8)21-22/h9,13-14H,1,10-12H2,2-8H3. The van der Waals surface area contributed by atoms with Crippen LogP contribution < -0.4 is 0 Å². The monoisotopic (exact) mass is 329 g/mol. The summed E-state index contributed by atoms with van der Waals surface area (Å²) in [5, 5.41) is 0. The molecule has 0 amide bonds. The summed E-state index contributed by atoms with van der Waals surface area (Å²) in [4.78, 5) is 12.6. The molecule has 0 saturated carbocycles. The van der Waals surface area contributed by atoms with Crippen molar-refractivity contribution in [2.45, 2.75) is 66.0 Å². The lowest BCUT2D eigenvalue weighted by molar-refractivity contribution is -0.121. The zero-order chi connectivity index (χ0) is 17.3. The van der Waals surface area contributed by atoms with E-state index in [4.69, 9.17) is 4.52 Å². The van der Waals surface area contributed by atoms with Crippen molar-refractivity contribution in [2.75, 3.05) is 12.7 Å². The molecule has 4 nitrogen and oxygen atoms in total. The lowest BCUT2D eigenvalue weighted by Gasteiger charge is -2.48. The Kier molecular flexibility index (Phi) is 5.87. The first-order chi connectivity index (χ1) is 9.82. The summed E-state index contributed by atoms with van der Waals surface area (Å²) in [6, 6.07) is 0. The molecule has 0 aromatic carbocycles. The molecule has 1 aliphatic heterocycles. The highest BCUT2D eigenvalue weighted by atomic mass is 31.2. The number of nitrogens with zero attached hydrogens (tertiary/aromatic N) is 1. The average molecular weight is 329 g/mol. The van der Waals surface area contributed by atoms with Crippen LogP contribution in [0, 0.1) is 11.8 Å². The Morgan fingerprint density at radius 2 is 1.95 bits per heavy atom. The van der Waals surface area contributed by atoms with Gasteiger partial charge in [-0.3, -0.25) is 9.36 Å². The largest absolute Gasteiger partial charge is 0.311 e. The quantitative estimate of drug-likeness (QED) is 0.550. The van der Waals surface area contributed by atoms with Gasteiger partial charge in [-0.2, -0.15) is 0 Å². The second kappa shape index (κ2) is 6.59. The third-order valence-corrected chi connectivity index (χ3v) is 7.51. The minimum atomic E-state index is -3.18. The maximum atomic E-state index is 13.5. The Labute approximate surface area is 135 Å². The molecule has 3 atom stereocenters. The smallest absolute Gasteiger partial charge is 0.280 e. The second-order valence-corrected chi connectivity index (χ2v) is 10.3. The highest BCUT2D eigenvalue weighted by Crippen LogP contribution is 2.60. The summed E-state index contributed by atoms with van der Waals surface area (Å²) < 4.78 is 21.4. The number of ketones is 1. The molecule has 0 N–H and O–H groups in total. The predicted octanol–water partition coefficient (Wildman–Crippen LogP) is 4.51. The van der Waals surface area contributed by atoms with E-state index in [2.05, 4.69) is 6.58 Å². The summed E-state index contributed by atoms with van der Waals surface area (Å²) in [6.07, 6.45) is 2.56. The second-order valence-electron chi connectivity index (χ2n) is 8.04. The molecule has 128 valence electrons. The number of carbonyl (C=O) groups excluding carboxylic acids is 1. The highest BCUT2D eigenvalue weighted by Gasteiger charge is 2.48. The van der Waals surface area contributed by atoms with Gasteiger partial charge in [0.2, 0.25) is 0 Å². The van der Waals surface area contributed by atoms with Crippen LogP contribution in [0.25, 0.3) is 0 Å². The normalized spacial score (nSPS) is 28.9. The van der Waals surface area contributed by atoms with E-state index in [1.54, 1.807) is 6.08 Å². The molecule has 3 unspecified atom stereocenters. The van der Waals surface area contributed by atoms with Crippen LogP contribution in [0.1, 0.15) is 54.9 Å². The summed E-state index contributed by atoms with van der Waals surface area (Å²) >= 11 is 0. The van der Waals surface area contributed by atoms with E-state index in [1.807, 2.05) is 53.1 Å². The van der Waals surface area contributed by atoms with Crippen LogP contribution in [0.2, 0.25) is 0 Å². The molecular formula is C17H32NO3P. The van der Waals surface area contributed by atoms with Crippen LogP contribution in [0.4, 0.5) is 0 Å². The zero-order valence-electron chi connectivity index (χ0n) is 15.2. The molecule has 0 aromatic heterocycles. The topological polar surface area (TPSA) is 46.6 Å². The number of hydrogen-bond donors (Lipinski definition) is 0. The molecule has 0 radical (unpaired) electrons. The van der Waals surface area contributed by atoms with Crippen molar-refractivity contribution >= 4 is 13.3 Å². The van der Waals surface area contributed by atoms with E-state index < -0.39 is 13.1 Å². The average Bonchev–Trinajstić information content (AvgIpc) is 2.33. The van der Waals surface area contributed by atoms with Gasteiger partial charge in [-0.15, -0.1) is 6.58 Å². The van der Waals surface area contributed by atoms with Gasteiger partial charge in [0.25, 0.3) is 7.52 Å². The van der Waals surface area contributed by atoms with Gasteiger partial charge in [0.1, 0.15) is 5.78 Å². The molecule has 0 aromatic rings. The van der Waals surface area contributed by atoms with Gasteiger partial charge in [-0.25, -0.2) is 4.67 Å². The number of hydrogen-bond acceptors (Lipinski definition) is 3. The molecule has 0 aliphatic carbocycles. The summed E-state index contributed by atoms with van der Waals surface area (Å²) in [7, 11) is -3.18. The van der Waals surface area contributed by atoms with Crippen LogP contribution in [0.3, 0.4) is 0 Å². The highest BCUT2D eigenvalue weighted by molar-refractivity contribution is 7.57. The minimum absolute atomic E-state index is 0.0114. The van der Waals surface area contributed by atoms with E-state index in [9.17, 15) is 9.36 Å². The van der Waals surface area contributed by atoms with Crippen LogP contribution >= 0.6 is 7.52 Å². The number of allylic oxidation sites excluding steroid dienone is 1. The SMILES string of the molecule is C=CC(C)C(C)C(=O)CP1(=O)OC(C)(C)CCN1C(C)(C)C. The maximum Gasteiger partial charge on any atom is 0.280 e. The molecule has 1 fully saturated rings. The first-order valence-corrected chi connectivity index (χ1v) is 9.82. The predicted molar refractivity (Wildman–Crippen MR) is 92.2 cm³/mol. The number of rotatable bonds is 5. The van der Waals surface area contributed by atoms with Gasteiger partial charge >= 0.3 is 0 Å². The molecule has 0 bridgehead atoms. The van der Waals surface area contributed by atoms with Crippen molar-refractivity contribution in [3.8, 4) is 0 Å². The third kappa shape index (κ3) is 4.53. The third-order valence-electron chi connectivity index (χ3n) is 4.48. The molecule has 1 aliphatic rings. The van der Waals surface area contributed by atoms with Crippen molar-refractivity contribution in [1.82, 2.24) is 4.67 Å². The minimum Gasteiger partial charge on any atom is -0.311 e. The molecule has 1 rings (SSSR count). The molecule has 5 heteroatoms. The van der Waals surface area contributed by atoms with Crippen LogP contribution in [0.15, 0.2) is 12.7 Å². The van der Waals surface area contributed by atoms with Crippen molar-refractivity contribution in [2.24, 2.45) is 11.8 Å². The zero-order valence-corrected chi connectivity index (χ0v) is 16.1. The van der Waals surface area contributed by atoms with Crippen molar-refractivity contribution in [1.29, 1.82) is 0 Å². The van der Waals surface area contributed by atoms with E-state index in [0.717, 1.165) is 6.42 Å². The maximum absolute atomic E-state index is 13.5. The van der Waals surface area contributed by atoms with Crippen molar-refractivity contribution in [3.05, 3.63) is 12.7 Å². The van der Waals surface area contributed by atoms with E-state index >= 15 is 0 Å². The van der Waals surface area contributed by atoms with Gasteiger partial charge in [0, 0.05) is 18.0 Å². The number of carbonyl (C=O) groups is 1. The molecule has 1 heterocycles. The van der Waals surface area contributed by atoms with Gasteiger partial charge in [-0.1, -0.05) is 19.9 Å². The van der Waals surface area contributed by atoms with Crippen LogP contribution in [-0.4, -0.2) is 34.3 Å². The number of Topliss-reactive ketones (excluding diaryl/α,β-unsaturated/α-hetero) is 1. The Morgan fingerprint density at radius 3 is 2.41 bits per heavy atom. The molecule has 0 spiro atoms. The van der Waals surface area contributed by atoms with Gasteiger partial charge in [-0.05, 0) is 47.0 Å². The molecular weight excluding hydrogens is 297 g/mol. The Morgan fingerprint density at radius 1 is 1.41 bits per heavy atom. The van der Waals surface area contributed by atoms with Crippen LogP contribution in [0.5, 0.6) is 0 Å². The lowest BCUT2D eigenvalue weighted by atomic mass is 9.93. The summed E-state index contributed by atoms with van der Waals surface area (Å²) in [5.41, 5.74) is -0.746. The Bertz CT molecular complexity index is 479. The van der Waals surface area contributed by atoms with E-state index in [0.29, 0.717) is 6.54 Å². The lowest BCUT2D eigenvalue weighted by Crippen LogP contribution is -2.48. The van der Waals surface area contributed by atoms with Crippen LogP contribution in [-0.2, 0) is 13.9 Å². The fourth-order valence-corrected chi connectivity index (χ4v) is 5.96. The first-order valence-electron chi connectivity index (χ1n) is 8.05. The first kappa shape index (κ1) is 19.6. The van der Waals surface area contributed by atoms with Crippen molar-refractivity contribution < 1.29 is 13.9 Å². The fourth-order valence-electron chi connectivity index (χ4n) is 2.76. The summed E-state index contributed by atoms with van der Waals surface area (Å²) in [6.45, 7) is 18.2. The van der Waals surface area contributed by atoms with E-state index in [-0.39, 0.29) is 29.3 Å². The molecule has 1 saturated heterocycles. The summed E-state index contributed by atoms with van der Waals surface area (Å²) in [5.74, 6) is -0.138. The van der Waals surface area contributed by atoms with Gasteiger partial charge < -0.3 is 4.52 Å². The van der Waals surface area contributed by atoms with Crippen molar-refractivity contribution in [3.63, 3.8) is 0 Å². The fraction of sp³-hybridized carbons (Fsp3) is 0.824. The molecule has 22 heavy (non-hydrogen) atoms.